The van der Waals surface area contributed by atoms with Crippen molar-refractivity contribution in [2.24, 2.45) is 5.41 Å². The number of nitrogens with zero attached hydrogens (tertiary/aromatic N) is 2. The number of fused-ring (bicyclic) bond motifs is 1. The van der Waals surface area contributed by atoms with Gasteiger partial charge in [-0.05, 0) is 74.3 Å². The van der Waals surface area contributed by atoms with E-state index in [2.05, 4.69) is 29.3 Å². The molecule has 1 aromatic carbocycles. The van der Waals surface area contributed by atoms with E-state index < -0.39 is 18.2 Å². The maximum absolute atomic E-state index is 13.7. The van der Waals surface area contributed by atoms with Gasteiger partial charge in [0.15, 0.2) is 5.78 Å². The van der Waals surface area contributed by atoms with Crippen LogP contribution in [0.3, 0.4) is 0 Å². The summed E-state index contributed by atoms with van der Waals surface area (Å²) in [6.45, 7) is 12.0. The summed E-state index contributed by atoms with van der Waals surface area (Å²) < 4.78 is 11.1. The molecule has 4 rings (SSSR count). The molecule has 41 heavy (non-hydrogen) atoms. The molecule has 8 nitrogen and oxygen atoms in total. The summed E-state index contributed by atoms with van der Waals surface area (Å²) >= 11 is 0. The van der Waals surface area contributed by atoms with Gasteiger partial charge in [-0.3, -0.25) is 14.4 Å². The van der Waals surface area contributed by atoms with Gasteiger partial charge in [-0.25, -0.2) is 0 Å². The highest BCUT2D eigenvalue weighted by atomic mass is 32.1. The van der Waals surface area contributed by atoms with Gasteiger partial charge in [-0.15, -0.1) is 0 Å². The van der Waals surface area contributed by atoms with Crippen LogP contribution in [0.15, 0.2) is 24.3 Å². The van der Waals surface area contributed by atoms with Crippen LogP contribution >= 0.6 is 54.0 Å². The first-order valence-electron chi connectivity index (χ1n) is 13.7. The lowest BCUT2D eigenvalue weighted by atomic mass is 9.87. The highest BCUT2D eigenvalue weighted by Crippen LogP contribution is 2.32. The smallest absolute Gasteiger partial charge is 0.251 e. The number of likely N-dealkylation sites (tertiary alicyclic amines) is 2. The fraction of sp³-hybridized carbons (Fsp3) is 0.690. The Hall–Kier alpha value is -0.890. The lowest BCUT2D eigenvalue weighted by Crippen LogP contribution is -2.53. The van der Waals surface area contributed by atoms with Crippen molar-refractivity contribution in [3.05, 3.63) is 35.4 Å². The van der Waals surface area contributed by atoms with Crippen LogP contribution < -0.4 is 5.32 Å². The second-order valence-corrected chi connectivity index (χ2v) is 12.0. The Labute approximate surface area is 273 Å². The average molecular weight is 650 g/mol. The summed E-state index contributed by atoms with van der Waals surface area (Å²) in [7, 11) is 1.56. The van der Waals surface area contributed by atoms with Gasteiger partial charge in [0.1, 0.15) is 30.9 Å². The van der Waals surface area contributed by atoms with E-state index in [1.165, 1.54) is 12.0 Å². The van der Waals surface area contributed by atoms with Crippen molar-refractivity contribution in [3.63, 3.8) is 0 Å². The second kappa shape index (κ2) is 17.4. The van der Waals surface area contributed by atoms with Crippen LogP contribution in [0.25, 0.3) is 0 Å². The molecule has 12 heteroatoms. The number of carbonyl (C=O) groups excluding carboxylic acids is 3. The van der Waals surface area contributed by atoms with Crippen molar-refractivity contribution < 1.29 is 23.9 Å². The molecule has 3 aliphatic rings. The predicted molar refractivity (Wildman–Crippen MR) is 183 cm³/mol. The van der Waals surface area contributed by atoms with Gasteiger partial charge in [-0.1, -0.05) is 39.8 Å². The van der Waals surface area contributed by atoms with Crippen LogP contribution in [0.2, 0.25) is 0 Å². The Morgan fingerprint density at radius 1 is 1.07 bits per heavy atom. The van der Waals surface area contributed by atoms with E-state index >= 15 is 0 Å². The zero-order chi connectivity index (χ0) is 26.7. The van der Waals surface area contributed by atoms with Crippen molar-refractivity contribution in [2.45, 2.75) is 83.6 Å². The zero-order valence-corrected chi connectivity index (χ0v) is 29.0. The second-order valence-electron chi connectivity index (χ2n) is 12.0. The molecule has 0 spiro atoms. The summed E-state index contributed by atoms with van der Waals surface area (Å²) in [5.41, 5.74) is 1.59. The number of ketones is 1. The first kappa shape index (κ1) is 40.1. The van der Waals surface area contributed by atoms with E-state index in [1.54, 1.807) is 12.0 Å². The van der Waals surface area contributed by atoms with E-state index in [0.717, 1.165) is 32.5 Å². The molecule has 3 saturated heterocycles. The monoisotopic (exact) mass is 649 g/mol. The van der Waals surface area contributed by atoms with Crippen LogP contribution in [0.5, 0.6) is 0 Å². The highest BCUT2D eigenvalue weighted by molar-refractivity contribution is 7.59. The molecule has 4 atom stereocenters. The Balaban J connectivity index is 0.00000400. The van der Waals surface area contributed by atoms with Crippen molar-refractivity contribution in [1.82, 2.24) is 15.1 Å². The van der Waals surface area contributed by atoms with Gasteiger partial charge in [0, 0.05) is 12.7 Å². The number of hydrogen-bond acceptors (Lipinski definition) is 6. The lowest BCUT2D eigenvalue weighted by Gasteiger charge is -2.32. The zero-order valence-electron chi connectivity index (χ0n) is 25.0. The van der Waals surface area contributed by atoms with Crippen molar-refractivity contribution in [1.29, 1.82) is 0 Å². The maximum Gasteiger partial charge on any atom is 0.251 e. The number of ether oxygens (including phenoxy) is 2. The molecule has 1 N–H and O–H groups in total. The summed E-state index contributed by atoms with van der Waals surface area (Å²) in [6.07, 6.45) is 3.10. The third kappa shape index (κ3) is 9.81. The van der Waals surface area contributed by atoms with Gasteiger partial charge in [0.05, 0.1) is 6.54 Å². The maximum atomic E-state index is 13.7. The van der Waals surface area contributed by atoms with E-state index in [4.69, 9.17) is 9.47 Å². The van der Waals surface area contributed by atoms with Crippen LogP contribution in [0, 0.1) is 5.41 Å². The van der Waals surface area contributed by atoms with Gasteiger partial charge in [-0.2, -0.15) is 54.0 Å². The molecule has 0 aliphatic carbocycles. The number of rotatable bonds is 8. The number of carbonyl (C=O) groups is 3. The topological polar surface area (TPSA) is 88.2 Å². The van der Waals surface area contributed by atoms with Crippen molar-refractivity contribution in [2.75, 3.05) is 39.9 Å². The van der Waals surface area contributed by atoms with Gasteiger partial charge in [0.25, 0.3) is 5.91 Å². The minimum Gasteiger partial charge on any atom is -0.377 e. The molecular weight excluding hydrogens is 599 g/mol. The number of Topliss-reactive ketones (excluding diaryl/α,β-unsaturated/α-hetero) is 1. The Bertz CT molecular complexity index is 984. The third-order valence-corrected chi connectivity index (χ3v) is 7.92. The van der Waals surface area contributed by atoms with E-state index in [9.17, 15) is 14.4 Å². The number of benzene rings is 1. The molecule has 1 aromatic rings. The van der Waals surface area contributed by atoms with Gasteiger partial charge >= 0.3 is 0 Å². The van der Waals surface area contributed by atoms with Crippen molar-refractivity contribution in [3.8, 4) is 0 Å². The predicted octanol–water partition coefficient (Wildman–Crippen LogP) is 3.46. The normalized spacial score (nSPS) is 23.3. The van der Waals surface area contributed by atoms with E-state index in [1.807, 2.05) is 32.9 Å². The van der Waals surface area contributed by atoms with Gasteiger partial charge < -0.3 is 24.6 Å². The van der Waals surface area contributed by atoms with E-state index in [0.29, 0.717) is 17.9 Å². The molecule has 2 amide bonds. The molecule has 3 aliphatic heterocycles. The number of hydrogen-bond donors (Lipinski definition) is 1. The quantitative estimate of drug-likeness (QED) is 0.465. The SMILES string of the molecule is CCCN1CCC(c2ccc(C(=O)N[C@@H](CC(C)(C)C)C(=O)N3C[C@H](OC)[C@H]4OCC(=O)[C@H]43)cc2)CC1.S.S.S.S. The Morgan fingerprint density at radius 2 is 1.68 bits per heavy atom. The minimum absolute atomic E-state index is 0. The Kier molecular flexibility index (Phi) is 17.0. The first-order chi connectivity index (χ1) is 17.6. The first-order valence-corrected chi connectivity index (χ1v) is 13.7. The van der Waals surface area contributed by atoms with Crippen LogP contribution in [-0.2, 0) is 19.1 Å². The highest BCUT2D eigenvalue weighted by Gasteiger charge is 2.53. The number of methoxy groups -OCH3 is 1. The lowest BCUT2D eigenvalue weighted by molar-refractivity contribution is -0.138. The average Bonchev–Trinajstić information content (AvgIpc) is 3.43. The third-order valence-electron chi connectivity index (χ3n) is 7.92. The van der Waals surface area contributed by atoms with Crippen LogP contribution in [0.1, 0.15) is 75.2 Å². The summed E-state index contributed by atoms with van der Waals surface area (Å²) in [5, 5.41) is 2.98. The fourth-order valence-corrected chi connectivity index (χ4v) is 6.01. The largest absolute Gasteiger partial charge is 0.377 e. The van der Waals surface area contributed by atoms with Crippen LogP contribution in [-0.4, -0.2) is 91.6 Å². The summed E-state index contributed by atoms with van der Waals surface area (Å²) in [4.78, 5) is 43.6. The molecule has 0 unspecified atom stereocenters. The molecular formula is C29H51N3O5S4. The number of nitrogens with one attached hydrogen (secondary N) is 1. The molecule has 0 saturated carbocycles. The van der Waals surface area contributed by atoms with E-state index in [-0.39, 0.29) is 96.3 Å². The van der Waals surface area contributed by atoms with Crippen molar-refractivity contribution >= 4 is 71.6 Å². The molecule has 0 bridgehead atoms. The summed E-state index contributed by atoms with van der Waals surface area (Å²) in [6, 6.07) is 6.43. The van der Waals surface area contributed by atoms with Gasteiger partial charge in [0.2, 0.25) is 5.91 Å². The summed E-state index contributed by atoms with van der Waals surface area (Å²) in [5.74, 6) is -0.134. The fourth-order valence-electron chi connectivity index (χ4n) is 6.01. The molecule has 3 fully saturated rings. The molecule has 236 valence electrons. The van der Waals surface area contributed by atoms with Crippen LogP contribution in [0.4, 0.5) is 0 Å². The molecule has 0 radical (unpaired) electrons. The number of amides is 2. The number of piperidine rings is 1. The minimum atomic E-state index is -0.750. The molecule has 3 heterocycles. The molecule has 0 aromatic heterocycles. The Morgan fingerprint density at radius 3 is 2.22 bits per heavy atom. The standard InChI is InChI=1S/C29H43N3O5.4H2S/c1-6-13-31-14-11-20(12-15-31)19-7-9-21(10-8-19)27(34)30-22(16-29(2,3)4)28(35)32-17-24(36-5)26-25(32)23(33)18-37-26;;;;/h7-10,20,22,24-26H,6,11-18H2,1-5H3,(H,30,34);4*1H2/t22-,24-,25+,26+;;;;/m0..../s1.